The zero-order valence-corrected chi connectivity index (χ0v) is 20.4. The Balaban J connectivity index is 1.59. The molecule has 2 aromatic carbocycles. The number of nitrogens with zero attached hydrogens (tertiary/aromatic N) is 1. The number of rotatable bonds is 8. The van der Waals surface area contributed by atoms with E-state index in [0.29, 0.717) is 49.2 Å². The average Bonchev–Trinajstić information content (AvgIpc) is 2.80. The van der Waals surface area contributed by atoms with E-state index in [2.05, 4.69) is 17.6 Å². The second-order valence-electron chi connectivity index (χ2n) is 7.86. The molecule has 2 N–H and O–H groups in total. The second-order valence-corrected chi connectivity index (χ2v) is 10.2. The van der Waals surface area contributed by atoms with Gasteiger partial charge in [0.25, 0.3) is 5.91 Å². The molecule has 33 heavy (non-hydrogen) atoms. The number of anilines is 1. The van der Waals surface area contributed by atoms with E-state index in [-0.39, 0.29) is 10.0 Å². The summed E-state index contributed by atoms with van der Waals surface area (Å²) in [5, 5.41) is 5.62. The Kier molecular flexibility index (Phi) is 8.79. The van der Waals surface area contributed by atoms with Crippen LogP contribution in [0.4, 0.5) is 5.69 Å². The van der Waals surface area contributed by atoms with E-state index >= 15 is 0 Å². The molecule has 1 heterocycles. The maximum Gasteiger partial charge on any atom is 0.261 e. The number of piperidine rings is 1. The summed E-state index contributed by atoms with van der Waals surface area (Å²) in [6.45, 7) is 3.93. The summed E-state index contributed by atoms with van der Waals surface area (Å²) in [5.41, 5.74) is 0.909. The molecule has 1 aliphatic heterocycles. The van der Waals surface area contributed by atoms with Crippen molar-refractivity contribution in [2.45, 2.75) is 24.7 Å². The first-order valence-corrected chi connectivity index (χ1v) is 12.6. The minimum Gasteiger partial charge on any atom is -0.490 e. The lowest BCUT2D eigenvalue weighted by Crippen LogP contribution is -2.37. The van der Waals surface area contributed by atoms with Gasteiger partial charge in [-0.2, -0.15) is 4.31 Å². The van der Waals surface area contributed by atoms with Crippen LogP contribution in [0, 0.1) is 5.92 Å². The third kappa shape index (κ3) is 6.73. The molecule has 8 nitrogen and oxygen atoms in total. The van der Waals surface area contributed by atoms with Gasteiger partial charge >= 0.3 is 0 Å². The first-order valence-electron chi connectivity index (χ1n) is 10.7. The SMILES string of the molecule is COCCOc1ccccc1C(=O)NC(=S)Nc1ccc(S(=O)(=O)N2CCC(C)CC2)cc1. The van der Waals surface area contributed by atoms with Gasteiger partial charge in [0.1, 0.15) is 12.4 Å². The molecule has 0 spiro atoms. The summed E-state index contributed by atoms with van der Waals surface area (Å²) in [5.74, 6) is 0.554. The summed E-state index contributed by atoms with van der Waals surface area (Å²) < 4.78 is 37.8. The van der Waals surface area contributed by atoms with Crippen molar-refractivity contribution in [2.24, 2.45) is 5.92 Å². The molecule has 0 atom stereocenters. The number of para-hydroxylation sites is 1. The number of hydrogen-bond donors (Lipinski definition) is 2. The van der Waals surface area contributed by atoms with E-state index < -0.39 is 15.9 Å². The predicted molar refractivity (Wildman–Crippen MR) is 131 cm³/mol. The zero-order valence-electron chi connectivity index (χ0n) is 18.7. The number of carbonyl (C=O) groups excluding carboxylic acids is 1. The van der Waals surface area contributed by atoms with Crippen molar-refractivity contribution < 1.29 is 22.7 Å². The molecule has 178 valence electrons. The van der Waals surface area contributed by atoms with E-state index in [4.69, 9.17) is 21.7 Å². The maximum atomic E-state index is 12.9. The van der Waals surface area contributed by atoms with Gasteiger partial charge in [-0.3, -0.25) is 10.1 Å². The number of benzene rings is 2. The molecule has 0 aliphatic carbocycles. The molecule has 1 aliphatic rings. The Morgan fingerprint density at radius 3 is 2.42 bits per heavy atom. The van der Waals surface area contributed by atoms with Crippen molar-refractivity contribution in [1.29, 1.82) is 0 Å². The van der Waals surface area contributed by atoms with Crippen LogP contribution in [0.3, 0.4) is 0 Å². The van der Waals surface area contributed by atoms with Gasteiger partial charge in [0.15, 0.2) is 5.11 Å². The number of amides is 1. The highest BCUT2D eigenvalue weighted by molar-refractivity contribution is 7.89. The lowest BCUT2D eigenvalue weighted by molar-refractivity contribution is 0.0970. The summed E-state index contributed by atoms with van der Waals surface area (Å²) in [7, 11) is -1.95. The highest BCUT2D eigenvalue weighted by Gasteiger charge is 2.27. The molecule has 1 fully saturated rings. The Labute approximate surface area is 200 Å². The Morgan fingerprint density at radius 1 is 1.09 bits per heavy atom. The molecular weight excluding hydrogens is 462 g/mol. The Morgan fingerprint density at radius 2 is 1.76 bits per heavy atom. The van der Waals surface area contributed by atoms with E-state index in [1.807, 2.05) is 0 Å². The third-order valence-corrected chi connectivity index (χ3v) is 7.51. The van der Waals surface area contributed by atoms with Crippen molar-refractivity contribution in [3.8, 4) is 5.75 Å². The molecule has 10 heteroatoms. The van der Waals surface area contributed by atoms with Crippen LogP contribution < -0.4 is 15.4 Å². The monoisotopic (exact) mass is 491 g/mol. The van der Waals surface area contributed by atoms with Gasteiger partial charge in [0.05, 0.1) is 17.1 Å². The average molecular weight is 492 g/mol. The van der Waals surface area contributed by atoms with Gasteiger partial charge in [-0.15, -0.1) is 0 Å². The van der Waals surface area contributed by atoms with Crippen LogP contribution in [-0.2, 0) is 14.8 Å². The van der Waals surface area contributed by atoms with E-state index in [9.17, 15) is 13.2 Å². The smallest absolute Gasteiger partial charge is 0.261 e. The number of methoxy groups -OCH3 is 1. The molecule has 0 bridgehead atoms. The largest absolute Gasteiger partial charge is 0.490 e. The number of nitrogens with one attached hydrogen (secondary N) is 2. The third-order valence-electron chi connectivity index (χ3n) is 5.40. The Hall–Kier alpha value is -2.53. The molecule has 0 radical (unpaired) electrons. The van der Waals surface area contributed by atoms with Crippen molar-refractivity contribution in [2.75, 3.05) is 38.7 Å². The summed E-state index contributed by atoms with van der Waals surface area (Å²) >= 11 is 5.25. The van der Waals surface area contributed by atoms with Crippen LogP contribution in [0.2, 0.25) is 0 Å². The maximum absolute atomic E-state index is 12.9. The van der Waals surface area contributed by atoms with Crippen LogP contribution in [0.25, 0.3) is 0 Å². The number of hydrogen-bond acceptors (Lipinski definition) is 6. The molecule has 0 saturated carbocycles. The Bertz CT molecular complexity index is 1070. The van der Waals surface area contributed by atoms with Crippen molar-refractivity contribution >= 4 is 38.9 Å². The molecular formula is C23H29N3O5S2. The van der Waals surface area contributed by atoms with Crippen LogP contribution in [0.5, 0.6) is 5.75 Å². The fourth-order valence-electron chi connectivity index (χ4n) is 3.43. The number of carbonyl (C=O) groups is 1. The summed E-state index contributed by atoms with van der Waals surface area (Å²) in [6.07, 6.45) is 1.74. The van der Waals surface area contributed by atoms with E-state index in [1.165, 1.54) is 4.31 Å². The number of sulfonamides is 1. The van der Waals surface area contributed by atoms with Crippen molar-refractivity contribution in [1.82, 2.24) is 9.62 Å². The fraction of sp³-hybridized carbons (Fsp3) is 0.391. The van der Waals surface area contributed by atoms with Crippen LogP contribution >= 0.6 is 12.2 Å². The minimum absolute atomic E-state index is 0.0901. The van der Waals surface area contributed by atoms with Crippen LogP contribution in [0.15, 0.2) is 53.4 Å². The highest BCUT2D eigenvalue weighted by Crippen LogP contribution is 2.24. The molecule has 2 aromatic rings. The van der Waals surface area contributed by atoms with Crippen LogP contribution in [0.1, 0.15) is 30.1 Å². The zero-order chi connectivity index (χ0) is 23.8. The molecule has 0 aromatic heterocycles. The first-order chi connectivity index (χ1) is 15.8. The minimum atomic E-state index is -3.52. The molecule has 1 saturated heterocycles. The van der Waals surface area contributed by atoms with Gasteiger partial charge in [-0.1, -0.05) is 19.1 Å². The van der Waals surface area contributed by atoms with E-state index in [1.54, 1.807) is 55.6 Å². The van der Waals surface area contributed by atoms with Gasteiger partial charge in [0.2, 0.25) is 10.0 Å². The van der Waals surface area contributed by atoms with Crippen LogP contribution in [-0.4, -0.2) is 57.2 Å². The summed E-state index contributed by atoms with van der Waals surface area (Å²) in [6, 6.07) is 13.2. The lowest BCUT2D eigenvalue weighted by Gasteiger charge is -2.29. The van der Waals surface area contributed by atoms with Crippen molar-refractivity contribution in [3.63, 3.8) is 0 Å². The molecule has 1 amide bonds. The lowest BCUT2D eigenvalue weighted by atomic mass is 10.0. The van der Waals surface area contributed by atoms with Gasteiger partial charge in [0, 0.05) is 25.9 Å². The molecule has 3 rings (SSSR count). The van der Waals surface area contributed by atoms with Gasteiger partial charge in [-0.05, 0) is 67.4 Å². The number of ether oxygens (including phenoxy) is 2. The molecule has 0 unspecified atom stereocenters. The van der Waals surface area contributed by atoms with Gasteiger partial charge in [-0.25, -0.2) is 8.42 Å². The quantitative estimate of drug-likeness (QED) is 0.432. The highest BCUT2D eigenvalue weighted by atomic mass is 32.2. The standard InChI is InChI=1S/C23H29N3O5S2/c1-17-11-13-26(14-12-17)33(28,29)19-9-7-18(8-10-19)24-23(32)25-22(27)20-5-3-4-6-21(20)31-16-15-30-2/h3-10,17H,11-16H2,1-2H3,(H2,24,25,27,32). The predicted octanol–water partition coefficient (Wildman–Crippen LogP) is 3.26. The second kappa shape index (κ2) is 11.6. The first kappa shape index (κ1) is 25.1. The fourth-order valence-corrected chi connectivity index (χ4v) is 5.11. The summed E-state index contributed by atoms with van der Waals surface area (Å²) in [4.78, 5) is 12.9. The van der Waals surface area contributed by atoms with E-state index in [0.717, 1.165) is 12.8 Å². The van der Waals surface area contributed by atoms with Gasteiger partial charge < -0.3 is 14.8 Å². The normalized spacial score (nSPS) is 15.1. The topological polar surface area (TPSA) is 97.0 Å². The number of thiocarbonyl (C=S) groups is 1. The van der Waals surface area contributed by atoms with Crippen molar-refractivity contribution in [3.05, 3.63) is 54.1 Å².